The van der Waals surface area contributed by atoms with E-state index in [1.165, 1.54) is 0 Å². The Bertz CT molecular complexity index is 2660. The van der Waals surface area contributed by atoms with Crippen molar-refractivity contribution in [2.45, 2.75) is 24.9 Å². The minimum absolute atomic E-state index is 0.0729. The summed E-state index contributed by atoms with van der Waals surface area (Å²) in [6.07, 6.45) is 4.38. The van der Waals surface area contributed by atoms with Gasteiger partial charge in [-0.3, -0.25) is 24.1 Å². The fourth-order valence-corrected chi connectivity index (χ4v) is 6.26. The number of hydrogen-bond acceptors (Lipinski definition) is 13. The number of aromatic amines is 2. The van der Waals surface area contributed by atoms with E-state index < -0.39 is 17.9 Å². The van der Waals surface area contributed by atoms with Crippen LogP contribution in [-0.2, 0) is 12.8 Å². The summed E-state index contributed by atoms with van der Waals surface area (Å²) in [7, 11) is 0. The summed E-state index contributed by atoms with van der Waals surface area (Å²) in [5, 5.41) is 40.6. The molecule has 8 aromatic rings. The Labute approximate surface area is 335 Å². The maximum atomic E-state index is 12.7. The van der Waals surface area contributed by atoms with Crippen LogP contribution in [0.15, 0.2) is 122 Å². The first-order valence-corrected chi connectivity index (χ1v) is 18.3. The van der Waals surface area contributed by atoms with Crippen LogP contribution in [-0.4, -0.2) is 90.1 Å². The number of carbonyl (C=O) groups is 2. The van der Waals surface area contributed by atoms with Crippen molar-refractivity contribution in [1.29, 1.82) is 0 Å². The van der Waals surface area contributed by atoms with E-state index in [0.29, 0.717) is 42.7 Å². The van der Waals surface area contributed by atoms with E-state index in [1.54, 1.807) is 12.7 Å². The average molecular weight is 793 g/mol. The SMILES string of the molecule is N[C@H]1COc2ccccc2-n2cnnc21.O=C(N[C@@H]1COc2ccccc2-n2cnnc21)c1n[nH]c(Cc2ccccc2)n1.O=C(O)c1n[nH]c(Cc2ccccc2)n1. The predicted molar refractivity (Wildman–Crippen MR) is 209 cm³/mol. The van der Waals surface area contributed by atoms with Crippen LogP contribution in [0.3, 0.4) is 0 Å². The predicted octanol–water partition coefficient (Wildman–Crippen LogP) is 3.59. The number of amides is 1. The monoisotopic (exact) mass is 792 g/mol. The minimum atomic E-state index is -1.12. The van der Waals surface area contributed by atoms with Gasteiger partial charge in [0.15, 0.2) is 11.6 Å². The van der Waals surface area contributed by atoms with Crippen molar-refractivity contribution in [2.24, 2.45) is 5.73 Å². The second-order valence-corrected chi connectivity index (χ2v) is 13.1. The minimum Gasteiger partial charge on any atom is -0.489 e. The molecule has 0 bridgehead atoms. The van der Waals surface area contributed by atoms with Gasteiger partial charge in [0.25, 0.3) is 11.7 Å². The highest BCUT2D eigenvalue weighted by atomic mass is 16.5. The third-order valence-electron chi connectivity index (χ3n) is 9.06. The number of nitrogens with zero attached hydrogens (tertiary/aromatic N) is 10. The van der Waals surface area contributed by atoms with Gasteiger partial charge in [0.1, 0.15) is 61.1 Å². The lowest BCUT2D eigenvalue weighted by Gasteiger charge is -2.14. The number of ether oxygens (including phenoxy) is 2. The number of rotatable bonds is 7. The molecule has 19 heteroatoms. The van der Waals surface area contributed by atoms with Gasteiger partial charge in [0.2, 0.25) is 5.82 Å². The number of nitrogens with two attached hydrogens (primary N) is 1. The molecule has 0 spiro atoms. The Morgan fingerprint density at radius 3 is 1.75 bits per heavy atom. The molecule has 296 valence electrons. The fourth-order valence-electron chi connectivity index (χ4n) is 6.26. The van der Waals surface area contributed by atoms with Crippen molar-refractivity contribution in [3.63, 3.8) is 0 Å². The molecule has 0 radical (unpaired) electrons. The number of benzene rings is 4. The summed E-state index contributed by atoms with van der Waals surface area (Å²) in [6.45, 7) is 0.651. The first-order valence-electron chi connectivity index (χ1n) is 18.3. The molecule has 4 aromatic carbocycles. The highest BCUT2D eigenvalue weighted by Crippen LogP contribution is 2.30. The van der Waals surface area contributed by atoms with E-state index in [9.17, 15) is 9.59 Å². The number of hydrogen-bond donors (Lipinski definition) is 5. The van der Waals surface area contributed by atoms with Gasteiger partial charge >= 0.3 is 5.97 Å². The lowest BCUT2D eigenvalue weighted by atomic mass is 10.1. The molecule has 2 aliphatic rings. The molecular weight excluding hydrogens is 757 g/mol. The number of para-hydroxylation sites is 4. The van der Waals surface area contributed by atoms with Gasteiger partial charge in [-0.1, -0.05) is 84.9 Å². The second-order valence-electron chi connectivity index (χ2n) is 13.1. The van der Waals surface area contributed by atoms with Crippen LogP contribution in [0.5, 0.6) is 11.5 Å². The molecule has 2 aliphatic heterocycles. The Kier molecular flexibility index (Phi) is 11.2. The van der Waals surface area contributed by atoms with Gasteiger partial charge in [0.05, 0.1) is 11.4 Å². The summed E-state index contributed by atoms with van der Waals surface area (Å²) in [5.74, 6) is 2.36. The number of aromatic nitrogens is 12. The molecule has 0 saturated heterocycles. The number of aromatic carboxylic acids is 1. The van der Waals surface area contributed by atoms with Crippen molar-refractivity contribution < 1.29 is 24.2 Å². The van der Waals surface area contributed by atoms with E-state index in [-0.39, 0.29) is 24.3 Å². The van der Waals surface area contributed by atoms with Crippen molar-refractivity contribution in [3.8, 4) is 22.9 Å². The summed E-state index contributed by atoms with van der Waals surface area (Å²) >= 11 is 0. The van der Waals surface area contributed by atoms with Crippen molar-refractivity contribution in [3.05, 3.63) is 168 Å². The fraction of sp³-hybridized carbons (Fsp3) is 0.150. The zero-order valence-electron chi connectivity index (χ0n) is 31.2. The normalized spacial score (nSPS) is 14.7. The molecular formula is C40H36N14O5. The Morgan fingerprint density at radius 1 is 0.678 bits per heavy atom. The van der Waals surface area contributed by atoms with Gasteiger partial charge < -0.3 is 25.6 Å². The summed E-state index contributed by atoms with van der Waals surface area (Å²) in [5.41, 5.74) is 9.83. The van der Waals surface area contributed by atoms with E-state index in [2.05, 4.69) is 56.1 Å². The van der Waals surface area contributed by atoms with E-state index in [0.717, 1.165) is 34.1 Å². The maximum Gasteiger partial charge on any atom is 0.375 e. The Hall–Kier alpha value is -8.06. The van der Waals surface area contributed by atoms with Crippen LogP contribution in [0.25, 0.3) is 11.4 Å². The standard InChI is InChI=1S/C20H17N7O2.C10H10N4O.C10H9N3O2/c28-20(18-23-17(24-25-18)10-13-6-2-1-3-7-13)22-14-11-29-16-9-5-4-8-15(16)27-12-21-26-19(14)27;11-7-5-15-9-4-2-1-3-8(9)14-6-12-13-10(7)14;14-10(15)9-11-8(12-13-9)6-7-4-2-1-3-5-7/h1-9,12,14H,10-11H2,(H,22,28)(H,23,24,25);1-4,6-7H,5,11H2;1-5H,6H2,(H,14,15)(H,11,12,13)/t14-;7-;/m10./s1. The molecule has 0 aliphatic carbocycles. The third kappa shape index (κ3) is 8.84. The molecule has 19 nitrogen and oxygen atoms in total. The highest BCUT2D eigenvalue weighted by molar-refractivity contribution is 5.90. The van der Waals surface area contributed by atoms with Gasteiger partial charge in [-0.05, 0) is 35.4 Å². The van der Waals surface area contributed by atoms with Crippen LogP contribution in [0.2, 0.25) is 0 Å². The number of carboxylic acids is 1. The molecule has 59 heavy (non-hydrogen) atoms. The van der Waals surface area contributed by atoms with Gasteiger partial charge in [-0.15, -0.1) is 30.6 Å². The quantitative estimate of drug-likeness (QED) is 0.155. The topological polar surface area (TPSA) is 255 Å². The summed E-state index contributed by atoms with van der Waals surface area (Å²) in [6, 6.07) is 34.1. The zero-order valence-corrected chi connectivity index (χ0v) is 31.2. The molecule has 0 saturated carbocycles. The second kappa shape index (κ2) is 17.4. The molecule has 0 unspecified atom stereocenters. The number of H-pyrrole nitrogens is 2. The first-order chi connectivity index (χ1) is 28.9. The first kappa shape index (κ1) is 37.8. The number of carbonyl (C=O) groups excluding carboxylic acids is 1. The van der Waals surface area contributed by atoms with Gasteiger partial charge in [-0.25, -0.2) is 14.8 Å². The number of carboxylic acid groups (broad SMARTS) is 1. The third-order valence-corrected chi connectivity index (χ3v) is 9.06. The van der Waals surface area contributed by atoms with Crippen LogP contribution in [0.4, 0.5) is 0 Å². The van der Waals surface area contributed by atoms with Crippen molar-refractivity contribution >= 4 is 11.9 Å². The van der Waals surface area contributed by atoms with Crippen molar-refractivity contribution in [2.75, 3.05) is 13.2 Å². The molecule has 10 rings (SSSR count). The molecule has 6 N–H and O–H groups in total. The average Bonchev–Trinajstić information content (AvgIpc) is 4.10. The Balaban J connectivity index is 0.000000136. The van der Waals surface area contributed by atoms with Gasteiger partial charge in [-0.2, -0.15) is 0 Å². The van der Waals surface area contributed by atoms with E-state index in [4.69, 9.17) is 20.3 Å². The smallest absolute Gasteiger partial charge is 0.375 e. The lowest BCUT2D eigenvalue weighted by molar-refractivity contribution is 0.0683. The van der Waals surface area contributed by atoms with Crippen LogP contribution < -0.4 is 20.5 Å². The molecule has 0 fully saturated rings. The van der Waals surface area contributed by atoms with Crippen LogP contribution in [0, 0.1) is 0 Å². The summed E-state index contributed by atoms with van der Waals surface area (Å²) in [4.78, 5) is 31.4. The van der Waals surface area contributed by atoms with Gasteiger partial charge in [0, 0.05) is 12.8 Å². The summed E-state index contributed by atoms with van der Waals surface area (Å²) < 4.78 is 15.1. The van der Waals surface area contributed by atoms with E-state index >= 15 is 0 Å². The number of fused-ring (bicyclic) bond motifs is 6. The van der Waals surface area contributed by atoms with Crippen molar-refractivity contribution in [1.82, 2.24) is 65.2 Å². The lowest BCUT2D eigenvalue weighted by Crippen LogP contribution is -2.34. The molecule has 2 atom stereocenters. The Morgan fingerprint density at radius 2 is 1.17 bits per heavy atom. The zero-order chi connectivity index (χ0) is 40.6. The van der Waals surface area contributed by atoms with Crippen LogP contribution in [0.1, 0.15) is 67.7 Å². The largest absolute Gasteiger partial charge is 0.489 e. The maximum absolute atomic E-state index is 12.7. The van der Waals surface area contributed by atoms with E-state index in [1.807, 2.05) is 118 Å². The molecule has 4 aromatic heterocycles. The highest BCUT2D eigenvalue weighted by Gasteiger charge is 2.28. The van der Waals surface area contributed by atoms with Crippen LogP contribution >= 0.6 is 0 Å². The molecule has 1 amide bonds. The molecule has 6 heterocycles. The number of nitrogens with one attached hydrogen (secondary N) is 3.